The molecule has 5 N–H and O–H groups in total. The molecule has 0 unspecified atom stereocenters. The molecule has 0 bridgehead atoms. The molecule has 0 aromatic heterocycles. The molecule has 0 radical (unpaired) electrons. The van der Waals surface area contributed by atoms with Gasteiger partial charge in [0.1, 0.15) is 0 Å². The number of halogens is 3. The second kappa shape index (κ2) is 21.4. The molecule has 0 heterocycles. The van der Waals surface area contributed by atoms with Crippen LogP contribution in [0.15, 0.2) is 60.7 Å². The van der Waals surface area contributed by atoms with Gasteiger partial charge in [0.15, 0.2) is 0 Å². The number of aliphatic carboxylic acids is 1. The summed E-state index contributed by atoms with van der Waals surface area (Å²) < 4.78 is 31.7. The minimum atomic E-state index is -5.08. The van der Waals surface area contributed by atoms with Gasteiger partial charge in [-0.2, -0.15) is 13.2 Å². The van der Waals surface area contributed by atoms with Crippen molar-refractivity contribution in [2.45, 2.75) is 57.5 Å². The van der Waals surface area contributed by atoms with Gasteiger partial charge in [-0.3, -0.25) is 0 Å². The molecule has 2 rings (SSSR count). The predicted octanol–water partition coefficient (Wildman–Crippen LogP) is 4.97. The average molecular weight is 553 g/mol. The lowest BCUT2D eigenvalue weighted by Gasteiger charge is -2.24. The molecular formula is C30H47F3N4O2. The van der Waals surface area contributed by atoms with E-state index in [1.54, 1.807) is 0 Å². The minimum Gasteiger partial charge on any atom is -0.475 e. The van der Waals surface area contributed by atoms with Crippen molar-refractivity contribution < 1.29 is 23.1 Å². The molecular weight excluding hydrogens is 505 g/mol. The van der Waals surface area contributed by atoms with Crippen LogP contribution in [-0.2, 0) is 17.6 Å². The Labute approximate surface area is 232 Å². The Morgan fingerprint density at radius 3 is 1.23 bits per heavy atom. The van der Waals surface area contributed by atoms with Gasteiger partial charge in [-0.1, -0.05) is 60.7 Å². The van der Waals surface area contributed by atoms with Crippen molar-refractivity contribution in [1.29, 1.82) is 0 Å². The Kier molecular flexibility index (Phi) is 18.9. The van der Waals surface area contributed by atoms with Gasteiger partial charge in [-0.05, 0) is 115 Å². The Morgan fingerprint density at radius 2 is 0.923 bits per heavy atom. The van der Waals surface area contributed by atoms with Crippen molar-refractivity contribution in [3.8, 4) is 0 Å². The molecule has 2 aromatic carbocycles. The lowest BCUT2D eigenvalue weighted by Crippen LogP contribution is -2.31. The van der Waals surface area contributed by atoms with E-state index in [1.165, 1.54) is 63.0 Å². The monoisotopic (exact) mass is 552 g/mol. The van der Waals surface area contributed by atoms with Gasteiger partial charge in [0, 0.05) is 0 Å². The highest BCUT2D eigenvalue weighted by molar-refractivity contribution is 5.73. The number of carboxylic acid groups (broad SMARTS) is 1. The first kappa shape index (κ1) is 34.6. The van der Waals surface area contributed by atoms with Crippen LogP contribution in [0.4, 0.5) is 13.2 Å². The predicted molar refractivity (Wildman–Crippen MR) is 153 cm³/mol. The van der Waals surface area contributed by atoms with E-state index < -0.39 is 12.1 Å². The average Bonchev–Trinajstić information content (AvgIpc) is 2.92. The zero-order valence-corrected chi connectivity index (χ0v) is 23.1. The number of rotatable bonds is 19. The third-order valence-electron chi connectivity index (χ3n) is 6.36. The maximum atomic E-state index is 10.6. The Hall–Kier alpha value is -2.46. The summed E-state index contributed by atoms with van der Waals surface area (Å²) in [6.07, 6.45) is 4.37. The van der Waals surface area contributed by atoms with E-state index in [2.05, 4.69) is 70.5 Å². The van der Waals surface area contributed by atoms with Gasteiger partial charge < -0.3 is 26.4 Å². The molecule has 0 amide bonds. The number of carbonyl (C=O) groups is 1. The fraction of sp³-hybridized carbons (Fsp3) is 0.567. The summed E-state index contributed by atoms with van der Waals surface area (Å²) in [6, 6.07) is 21.7. The van der Waals surface area contributed by atoms with E-state index in [9.17, 15) is 13.2 Å². The highest BCUT2D eigenvalue weighted by Crippen LogP contribution is 2.13. The number of benzene rings is 2. The van der Waals surface area contributed by atoms with Gasteiger partial charge in [0.05, 0.1) is 0 Å². The van der Waals surface area contributed by atoms with Crippen molar-refractivity contribution in [3.63, 3.8) is 0 Å². The zero-order valence-electron chi connectivity index (χ0n) is 23.1. The lowest BCUT2D eigenvalue weighted by atomic mass is 10.1. The van der Waals surface area contributed by atoms with Crippen LogP contribution in [0.1, 0.15) is 49.7 Å². The number of hydrogen-bond acceptors (Lipinski definition) is 5. The molecule has 0 saturated heterocycles. The number of aryl methyl sites for hydroxylation is 2. The smallest absolute Gasteiger partial charge is 0.475 e. The molecule has 0 aliphatic heterocycles. The summed E-state index contributed by atoms with van der Waals surface area (Å²) in [7, 11) is 0. The van der Waals surface area contributed by atoms with E-state index in [0.717, 1.165) is 51.9 Å². The van der Waals surface area contributed by atoms with Crippen LogP contribution in [0, 0.1) is 0 Å². The number of alkyl halides is 3. The summed E-state index contributed by atoms with van der Waals surface area (Å²) in [5.41, 5.74) is 14.4. The third-order valence-corrected chi connectivity index (χ3v) is 6.36. The highest BCUT2D eigenvalue weighted by atomic mass is 19.4. The van der Waals surface area contributed by atoms with Crippen molar-refractivity contribution in [1.82, 2.24) is 9.80 Å². The molecule has 2 aromatic rings. The first-order valence-corrected chi connectivity index (χ1v) is 14.0. The van der Waals surface area contributed by atoms with Crippen LogP contribution in [0.3, 0.4) is 0 Å². The summed E-state index contributed by atoms with van der Waals surface area (Å²) in [6.45, 7) is 8.52. The molecule has 39 heavy (non-hydrogen) atoms. The van der Waals surface area contributed by atoms with Crippen LogP contribution in [0.25, 0.3) is 0 Å². The van der Waals surface area contributed by atoms with E-state index in [-0.39, 0.29) is 0 Å². The first-order chi connectivity index (χ1) is 18.8. The maximum absolute atomic E-state index is 10.6. The van der Waals surface area contributed by atoms with E-state index >= 15 is 0 Å². The molecule has 0 aliphatic rings. The van der Waals surface area contributed by atoms with Crippen LogP contribution < -0.4 is 11.5 Å². The SMILES string of the molecule is NCCCN(CCCCN(CCCN)CCCc1ccccc1)CCCc1ccccc1.O=C(O)C(F)(F)F. The fourth-order valence-electron chi connectivity index (χ4n) is 4.27. The van der Waals surface area contributed by atoms with Gasteiger partial charge >= 0.3 is 12.1 Å². The molecule has 0 atom stereocenters. The Morgan fingerprint density at radius 1 is 0.615 bits per heavy atom. The normalized spacial score (nSPS) is 11.5. The fourth-order valence-corrected chi connectivity index (χ4v) is 4.27. The number of nitrogens with two attached hydrogens (primary N) is 2. The van der Waals surface area contributed by atoms with Crippen molar-refractivity contribution in [2.24, 2.45) is 11.5 Å². The molecule has 0 saturated carbocycles. The van der Waals surface area contributed by atoms with Crippen molar-refractivity contribution in [2.75, 3.05) is 52.4 Å². The summed E-state index contributed by atoms with van der Waals surface area (Å²) in [5, 5.41) is 7.12. The van der Waals surface area contributed by atoms with Crippen LogP contribution >= 0.6 is 0 Å². The number of nitrogens with zero attached hydrogens (tertiary/aromatic N) is 2. The van der Waals surface area contributed by atoms with Crippen LogP contribution in [-0.4, -0.2) is 79.4 Å². The van der Waals surface area contributed by atoms with Crippen molar-refractivity contribution >= 4 is 5.97 Å². The minimum absolute atomic E-state index is 0.781. The zero-order chi connectivity index (χ0) is 28.8. The molecule has 0 spiro atoms. The van der Waals surface area contributed by atoms with Crippen LogP contribution in [0.5, 0.6) is 0 Å². The van der Waals surface area contributed by atoms with Crippen molar-refractivity contribution in [3.05, 3.63) is 71.8 Å². The van der Waals surface area contributed by atoms with Gasteiger partial charge in [0.2, 0.25) is 0 Å². The van der Waals surface area contributed by atoms with E-state index in [4.69, 9.17) is 21.4 Å². The number of unbranched alkanes of at least 4 members (excludes halogenated alkanes) is 1. The van der Waals surface area contributed by atoms with Gasteiger partial charge in [0.25, 0.3) is 0 Å². The first-order valence-electron chi connectivity index (χ1n) is 14.0. The third kappa shape index (κ3) is 18.5. The largest absolute Gasteiger partial charge is 0.490 e. The molecule has 0 fully saturated rings. The quantitative estimate of drug-likeness (QED) is 0.213. The Balaban J connectivity index is 0.000000956. The van der Waals surface area contributed by atoms with E-state index in [0.29, 0.717) is 0 Å². The maximum Gasteiger partial charge on any atom is 0.490 e. The number of carboxylic acids is 1. The highest BCUT2D eigenvalue weighted by Gasteiger charge is 2.38. The van der Waals surface area contributed by atoms with Gasteiger partial charge in [-0.15, -0.1) is 0 Å². The summed E-state index contributed by atoms with van der Waals surface area (Å²) in [5.74, 6) is -2.76. The van der Waals surface area contributed by atoms with Gasteiger partial charge in [-0.25, -0.2) is 4.79 Å². The standard InChI is InChI=1S/C28H46N4.C2HF3O2/c29-19-11-25-31(23-9-17-27-13-3-1-4-14-27)21-7-8-22-32(26-12-20-30)24-10-18-28-15-5-2-6-16-28;3-2(4,5)1(6)7/h1-6,13-16H,7-12,17-26,29-30H2;(H,6,7). The molecule has 9 heteroatoms. The molecule has 0 aliphatic carbocycles. The molecule has 220 valence electrons. The summed E-state index contributed by atoms with van der Waals surface area (Å²) >= 11 is 0. The second-order valence-electron chi connectivity index (χ2n) is 9.66. The number of hydrogen-bond donors (Lipinski definition) is 3. The lowest BCUT2D eigenvalue weighted by molar-refractivity contribution is -0.192. The van der Waals surface area contributed by atoms with Crippen LogP contribution in [0.2, 0.25) is 0 Å². The second-order valence-corrected chi connectivity index (χ2v) is 9.66. The van der Waals surface area contributed by atoms with E-state index in [1.807, 2.05) is 0 Å². The molecule has 6 nitrogen and oxygen atoms in total. The summed E-state index contributed by atoms with van der Waals surface area (Å²) in [4.78, 5) is 14.1. The topological polar surface area (TPSA) is 95.8 Å². The Bertz CT molecular complexity index is 795.